The van der Waals surface area contributed by atoms with E-state index >= 15 is 0 Å². The summed E-state index contributed by atoms with van der Waals surface area (Å²) in [6.45, 7) is 1.41. The van der Waals surface area contributed by atoms with Crippen molar-refractivity contribution in [1.29, 1.82) is 0 Å². The van der Waals surface area contributed by atoms with Gasteiger partial charge in [0, 0.05) is 17.3 Å². The Kier molecular flexibility index (Phi) is 6.86. The number of halogens is 1. The molecule has 0 bridgehead atoms. The fourth-order valence-corrected chi connectivity index (χ4v) is 2.18. The average molecular weight is 386 g/mol. The molecular weight excluding hydrogens is 367 g/mol. The number of methoxy groups -OCH3 is 1. The molecule has 0 radical (unpaired) electrons. The van der Waals surface area contributed by atoms with Crippen molar-refractivity contribution in [3.8, 4) is 5.75 Å². The molecule has 2 aromatic rings. The second kappa shape index (κ2) is 9.31. The Hall–Kier alpha value is -3.68. The Balaban J connectivity index is 1.91. The number of hydrogen-bond donors (Lipinski definition) is 2. The summed E-state index contributed by atoms with van der Waals surface area (Å²) >= 11 is 0. The molecule has 0 heterocycles. The summed E-state index contributed by atoms with van der Waals surface area (Å²) in [7, 11) is 1.35. The van der Waals surface area contributed by atoms with Crippen molar-refractivity contribution in [3.63, 3.8) is 0 Å². The van der Waals surface area contributed by atoms with Gasteiger partial charge in [0.2, 0.25) is 5.91 Å². The van der Waals surface area contributed by atoms with Crippen LogP contribution in [0.25, 0.3) is 6.08 Å². The van der Waals surface area contributed by atoms with Gasteiger partial charge in [-0.2, -0.15) is 0 Å². The van der Waals surface area contributed by atoms with Gasteiger partial charge in [0.15, 0.2) is 17.7 Å². The van der Waals surface area contributed by atoms with Gasteiger partial charge in [-0.25, -0.2) is 9.18 Å². The molecule has 28 heavy (non-hydrogen) atoms. The number of nitrogens with one attached hydrogen (secondary N) is 1. The van der Waals surface area contributed by atoms with Crippen LogP contribution in [0.3, 0.4) is 0 Å². The Morgan fingerprint density at radius 1 is 1.14 bits per heavy atom. The second-order valence-corrected chi connectivity index (χ2v) is 5.74. The number of nitrogens with two attached hydrogens (primary N) is 1. The molecule has 2 aromatic carbocycles. The Morgan fingerprint density at radius 3 is 2.39 bits per heavy atom. The van der Waals surface area contributed by atoms with E-state index < -0.39 is 29.7 Å². The molecule has 0 spiro atoms. The minimum absolute atomic E-state index is 0.0916. The lowest BCUT2D eigenvalue weighted by atomic mass is 10.2. The molecular formula is C20H19FN2O5. The van der Waals surface area contributed by atoms with Gasteiger partial charge in [0.1, 0.15) is 0 Å². The largest absolute Gasteiger partial charge is 0.494 e. The van der Waals surface area contributed by atoms with Crippen molar-refractivity contribution >= 4 is 29.5 Å². The zero-order valence-electron chi connectivity index (χ0n) is 15.3. The molecule has 0 unspecified atom stereocenters. The van der Waals surface area contributed by atoms with Gasteiger partial charge in [-0.1, -0.05) is 6.07 Å². The van der Waals surface area contributed by atoms with Crippen molar-refractivity contribution in [2.45, 2.75) is 13.0 Å². The topological polar surface area (TPSA) is 108 Å². The highest BCUT2D eigenvalue weighted by Gasteiger charge is 2.17. The van der Waals surface area contributed by atoms with Gasteiger partial charge in [0.05, 0.1) is 7.11 Å². The average Bonchev–Trinajstić information content (AvgIpc) is 2.66. The second-order valence-electron chi connectivity index (χ2n) is 5.74. The monoisotopic (exact) mass is 386 g/mol. The number of hydrogen-bond acceptors (Lipinski definition) is 5. The lowest BCUT2D eigenvalue weighted by molar-refractivity contribution is -0.148. The first kappa shape index (κ1) is 20.6. The summed E-state index contributed by atoms with van der Waals surface area (Å²) in [5.74, 6) is -2.36. The van der Waals surface area contributed by atoms with E-state index in [0.29, 0.717) is 16.8 Å². The van der Waals surface area contributed by atoms with Crippen LogP contribution >= 0.6 is 0 Å². The first-order chi connectivity index (χ1) is 13.3. The lowest BCUT2D eigenvalue weighted by Crippen LogP contribution is -2.29. The van der Waals surface area contributed by atoms with Crippen molar-refractivity contribution in [2.24, 2.45) is 5.73 Å². The van der Waals surface area contributed by atoms with Crippen LogP contribution in [0.4, 0.5) is 10.1 Å². The summed E-state index contributed by atoms with van der Waals surface area (Å²) in [6, 6.07) is 10.1. The molecule has 0 aromatic heterocycles. The lowest BCUT2D eigenvalue weighted by Gasteiger charge is -2.12. The smallest absolute Gasteiger partial charge is 0.331 e. The van der Waals surface area contributed by atoms with Crippen LogP contribution in [-0.4, -0.2) is 31.0 Å². The van der Waals surface area contributed by atoms with Crippen molar-refractivity contribution < 1.29 is 28.2 Å². The molecule has 0 aliphatic rings. The van der Waals surface area contributed by atoms with Crippen LogP contribution in [-0.2, 0) is 14.3 Å². The van der Waals surface area contributed by atoms with Crippen LogP contribution < -0.4 is 15.8 Å². The van der Waals surface area contributed by atoms with E-state index in [2.05, 4.69) is 5.32 Å². The first-order valence-corrected chi connectivity index (χ1v) is 8.23. The molecule has 0 aliphatic carbocycles. The zero-order valence-corrected chi connectivity index (χ0v) is 15.3. The van der Waals surface area contributed by atoms with Gasteiger partial charge < -0.3 is 20.5 Å². The molecule has 0 saturated heterocycles. The number of rotatable bonds is 7. The summed E-state index contributed by atoms with van der Waals surface area (Å²) in [5, 5.41) is 2.55. The number of esters is 1. The number of benzene rings is 2. The maximum atomic E-state index is 13.6. The molecule has 2 rings (SSSR count). The Bertz CT molecular complexity index is 909. The first-order valence-electron chi connectivity index (χ1n) is 8.23. The van der Waals surface area contributed by atoms with Gasteiger partial charge >= 0.3 is 5.97 Å². The number of ether oxygens (including phenoxy) is 2. The summed E-state index contributed by atoms with van der Waals surface area (Å²) in [4.78, 5) is 35.0. The molecule has 0 aliphatic heterocycles. The molecule has 1 atom stereocenters. The molecule has 2 amide bonds. The number of amides is 2. The normalized spacial score (nSPS) is 11.7. The van der Waals surface area contributed by atoms with E-state index in [0.717, 1.165) is 6.08 Å². The van der Waals surface area contributed by atoms with E-state index in [9.17, 15) is 18.8 Å². The van der Waals surface area contributed by atoms with Crippen LogP contribution in [0.5, 0.6) is 5.75 Å². The zero-order chi connectivity index (χ0) is 20.7. The molecule has 146 valence electrons. The van der Waals surface area contributed by atoms with E-state index in [-0.39, 0.29) is 5.75 Å². The Morgan fingerprint density at radius 2 is 1.82 bits per heavy atom. The predicted octanol–water partition coefficient (Wildman–Crippen LogP) is 2.52. The van der Waals surface area contributed by atoms with Gasteiger partial charge in [-0.3, -0.25) is 9.59 Å². The Labute approximate surface area is 160 Å². The summed E-state index contributed by atoms with van der Waals surface area (Å²) in [6.07, 6.45) is 1.38. The van der Waals surface area contributed by atoms with Crippen LogP contribution in [0.1, 0.15) is 22.8 Å². The number of carbonyl (C=O) groups excluding carboxylic acids is 3. The number of primary amides is 1. The molecule has 8 heteroatoms. The third kappa shape index (κ3) is 5.66. The van der Waals surface area contributed by atoms with Crippen LogP contribution in [0.15, 0.2) is 48.5 Å². The van der Waals surface area contributed by atoms with Gasteiger partial charge in [0.25, 0.3) is 5.91 Å². The minimum atomic E-state index is -1.07. The maximum absolute atomic E-state index is 13.6. The van der Waals surface area contributed by atoms with E-state index in [1.54, 1.807) is 6.07 Å². The van der Waals surface area contributed by atoms with Crippen molar-refractivity contribution in [2.75, 3.05) is 12.4 Å². The SMILES string of the molecule is COc1ccc(/C=C/C(=O)O[C@H](C)C(=O)Nc2ccc(C(N)=O)cc2)cc1F. The van der Waals surface area contributed by atoms with E-state index in [1.165, 1.54) is 56.5 Å². The van der Waals surface area contributed by atoms with Crippen LogP contribution in [0, 0.1) is 5.82 Å². The highest BCUT2D eigenvalue weighted by molar-refractivity contribution is 5.97. The highest BCUT2D eigenvalue weighted by atomic mass is 19.1. The van der Waals surface area contributed by atoms with Crippen molar-refractivity contribution in [3.05, 3.63) is 65.5 Å². The fourth-order valence-electron chi connectivity index (χ4n) is 2.18. The number of carbonyl (C=O) groups is 3. The van der Waals surface area contributed by atoms with Gasteiger partial charge in [-0.15, -0.1) is 0 Å². The molecule has 3 N–H and O–H groups in total. The van der Waals surface area contributed by atoms with E-state index in [1.807, 2.05) is 0 Å². The third-order valence-corrected chi connectivity index (χ3v) is 3.69. The summed E-state index contributed by atoms with van der Waals surface area (Å²) < 4.78 is 23.4. The standard InChI is InChI=1S/C20H19FN2O5/c1-12(20(26)23-15-7-5-14(6-8-15)19(22)25)28-18(24)10-4-13-3-9-17(27-2)16(21)11-13/h3-12H,1-2H3,(H2,22,25)(H,23,26)/b10-4+/t12-/m1/s1. The third-order valence-electron chi connectivity index (χ3n) is 3.69. The molecule has 7 nitrogen and oxygen atoms in total. The number of anilines is 1. The highest BCUT2D eigenvalue weighted by Crippen LogP contribution is 2.18. The maximum Gasteiger partial charge on any atom is 0.331 e. The summed E-state index contributed by atoms with van der Waals surface area (Å²) in [5.41, 5.74) is 6.30. The molecule has 0 fully saturated rings. The van der Waals surface area contributed by atoms with Crippen molar-refractivity contribution in [1.82, 2.24) is 0 Å². The molecule has 0 saturated carbocycles. The minimum Gasteiger partial charge on any atom is -0.494 e. The van der Waals surface area contributed by atoms with Gasteiger partial charge in [-0.05, 0) is 55.0 Å². The van der Waals surface area contributed by atoms with E-state index in [4.69, 9.17) is 15.2 Å². The van der Waals surface area contributed by atoms with Crippen LogP contribution in [0.2, 0.25) is 0 Å². The predicted molar refractivity (Wildman–Crippen MR) is 101 cm³/mol. The quantitative estimate of drug-likeness (QED) is 0.562. The fraction of sp³-hybridized carbons (Fsp3) is 0.150.